The maximum Gasteiger partial charge on any atom is 0.272 e. The topological polar surface area (TPSA) is 51.2 Å². The minimum absolute atomic E-state index is 0.129. The average Bonchev–Trinajstić information content (AvgIpc) is 2.84. The molecule has 1 aromatic rings. The van der Waals surface area contributed by atoms with Crippen molar-refractivity contribution in [1.82, 2.24) is 10.3 Å². The molecule has 0 spiro atoms. The van der Waals surface area contributed by atoms with Crippen molar-refractivity contribution in [3.8, 4) is 0 Å². The lowest BCUT2D eigenvalue weighted by molar-refractivity contribution is 0.0854. The van der Waals surface area contributed by atoms with Gasteiger partial charge < -0.3 is 10.1 Å². The van der Waals surface area contributed by atoms with E-state index in [1.807, 2.05) is 0 Å². The van der Waals surface area contributed by atoms with Gasteiger partial charge in [-0.3, -0.25) is 4.79 Å². The van der Waals surface area contributed by atoms with Crippen molar-refractivity contribution in [3.05, 3.63) is 13.9 Å². The van der Waals surface area contributed by atoms with Crippen molar-refractivity contribution in [2.24, 2.45) is 0 Å². The molecule has 1 aromatic heterocycles. The summed E-state index contributed by atoms with van der Waals surface area (Å²) in [5.74, 6) is -0.248. The number of nitrogens with one attached hydrogen (secondary N) is 1. The fourth-order valence-electron chi connectivity index (χ4n) is 1.51. The van der Waals surface area contributed by atoms with E-state index < -0.39 is 0 Å². The lowest BCUT2D eigenvalue weighted by atomic mass is 10.2. The van der Waals surface area contributed by atoms with Crippen LogP contribution < -0.4 is 5.32 Å². The lowest BCUT2D eigenvalue weighted by Gasteiger charge is -2.09. The molecule has 1 fully saturated rings. The summed E-state index contributed by atoms with van der Waals surface area (Å²) in [7, 11) is 0. The SMILES string of the molecule is O=C(NCC1CCCO1)c1nc(Br)sc1Cl. The Balaban J connectivity index is 1.90. The Bertz CT molecular complexity index is 393. The molecule has 4 nitrogen and oxygen atoms in total. The zero-order valence-corrected chi connectivity index (χ0v) is 11.5. The van der Waals surface area contributed by atoms with Crippen LogP contribution in [0.5, 0.6) is 0 Å². The molecule has 2 heterocycles. The van der Waals surface area contributed by atoms with E-state index in [1.165, 1.54) is 11.3 Å². The number of halogens is 2. The van der Waals surface area contributed by atoms with E-state index in [1.54, 1.807) is 0 Å². The van der Waals surface area contributed by atoms with Crippen molar-refractivity contribution in [2.75, 3.05) is 13.2 Å². The Morgan fingerprint density at radius 3 is 3.12 bits per heavy atom. The predicted octanol–water partition coefficient (Wildman–Crippen LogP) is 2.47. The Labute approximate surface area is 110 Å². The maximum atomic E-state index is 11.7. The third kappa shape index (κ3) is 2.94. The monoisotopic (exact) mass is 324 g/mol. The molecule has 1 N–H and O–H groups in total. The van der Waals surface area contributed by atoms with Gasteiger partial charge in [0.15, 0.2) is 9.61 Å². The van der Waals surface area contributed by atoms with Crippen molar-refractivity contribution < 1.29 is 9.53 Å². The third-order valence-corrected chi connectivity index (χ3v) is 3.99. The van der Waals surface area contributed by atoms with Crippen molar-refractivity contribution in [2.45, 2.75) is 18.9 Å². The molecule has 0 aromatic carbocycles. The molecule has 1 atom stereocenters. The van der Waals surface area contributed by atoms with Crippen LogP contribution in [0.4, 0.5) is 0 Å². The summed E-state index contributed by atoms with van der Waals surface area (Å²) in [6.07, 6.45) is 2.18. The van der Waals surface area contributed by atoms with Gasteiger partial charge in [0.25, 0.3) is 5.91 Å². The molecule has 1 aliphatic rings. The number of carbonyl (C=O) groups excluding carboxylic acids is 1. The number of nitrogens with zero attached hydrogens (tertiary/aromatic N) is 1. The smallest absolute Gasteiger partial charge is 0.272 e. The summed E-state index contributed by atoms with van der Waals surface area (Å²) in [6, 6.07) is 0. The average molecular weight is 326 g/mol. The van der Waals surface area contributed by atoms with Gasteiger partial charge in [-0.2, -0.15) is 0 Å². The molecule has 88 valence electrons. The van der Waals surface area contributed by atoms with E-state index in [0.29, 0.717) is 14.8 Å². The summed E-state index contributed by atoms with van der Waals surface area (Å²) >= 11 is 10.3. The minimum Gasteiger partial charge on any atom is -0.376 e. The molecule has 1 aliphatic heterocycles. The Hall–Kier alpha value is -0.170. The first kappa shape index (κ1) is 12.3. The molecular formula is C9H10BrClN2O2S. The molecule has 0 radical (unpaired) electrons. The third-order valence-electron chi connectivity index (χ3n) is 2.29. The van der Waals surface area contributed by atoms with Crippen LogP contribution in [0.3, 0.4) is 0 Å². The van der Waals surface area contributed by atoms with E-state index in [2.05, 4.69) is 26.2 Å². The number of carbonyl (C=O) groups is 1. The van der Waals surface area contributed by atoms with Crippen LogP contribution in [0.1, 0.15) is 23.3 Å². The molecule has 0 saturated carbocycles. The van der Waals surface area contributed by atoms with Gasteiger partial charge >= 0.3 is 0 Å². The first-order valence-electron chi connectivity index (χ1n) is 4.88. The summed E-state index contributed by atoms with van der Waals surface area (Å²) < 4.78 is 6.41. The molecule has 1 amide bonds. The molecule has 2 rings (SSSR count). The fourth-order valence-corrected chi connectivity index (χ4v) is 3.32. The molecule has 7 heteroatoms. The first-order valence-corrected chi connectivity index (χ1v) is 6.87. The van der Waals surface area contributed by atoms with Gasteiger partial charge in [-0.1, -0.05) is 22.9 Å². The molecule has 16 heavy (non-hydrogen) atoms. The number of rotatable bonds is 3. The number of thiazole rings is 1. The molecule has 1 saturated heterocycles. The summed E-state index contributed by atoms with van der Waals surface area (Å²) in [6.45, 7) is 1.30. The van der Waals surface area contributed by atoms with Crippen molar-refractivity contribution in [3.63, 3.8) is 0 Å². The summed E-state index contributed by atoms with van der Waals surface area (Å²) in [5, 5.41) is 2.77. The minimum atomic E-state index is -0.248. The van der Waals surface area contributed by atoms with Gasteiger partial charge in [-0.25, -0.2) is 4.98 Å². The van der Waals surface area contributed by atoms with Crippen molar-refractivity contribution >= 4 is 44.8 Å². The lowest BCUT2D eigenvalue weighted by Crippen LogP contribution is -2.32. The van der Waals surface area contributed by atoms with Gasteiger partial charge in [0, 0.05) is 13.2 Å². The highest BCUT2D eigenvalue weighted by atomic mass is 79.9. The van der Waals surface area contributed by atoms with Crippen LogP contribution in [-0.2, 0) is 4.74 Å². The molecule has 0 bridgehead atoms. The number of aromatic nitrogens is 1. The highest BCUT2D eigenvalue weighted by Gasteiger charge is 2.19. The standard InChI is InChI=1S/C9H10BrClN2O2S/c10-9-13-6(7(11)16-9)8(14)12-4-5-2-1-3-15-5/h5H,1-4H2,(H,12,14). The van der Waals surface area contributed by atoms with E-state index in [9.17, 15) is 4.79 Å². The van der Waals surface area contributed by atoms with E-state index in [4.69, 9.17) is 16.3 Å². The van der Waals surface area contributed by atoms with Crippen LogP contribution in [0.2, 0.25) is 4.34 Å². The highest BCUT2D eigenvalue weighted by Crippen LogP contribution is 2.27. The zero-order chi connectivity index (χ0) is 11.5. The van der Waals surface area contributed by atoms with Crippen LogP contribution in [-0.4, -0.2) is 30.1 Å². The molecule has 1 unspecified atom stereocenters. The second kappa shape index (κ2) is 5.44. The number of ether oxygens (including phenoxy) is 1. The van der Waals surface area contributed by atoms with Gasteiger partial charge in [-0.05, 0) is 28.8 Å². The van der Waals surface area contributed by atoms with Crippen LogP contribution in [0.15, 0.2) is 3.92 Å². The molecule has 0 aliphatic carbocycles. The Kier molecular flexibility index (Phi) is 4.18. The van der Waals surface area contributed by atoms with Crippen molar-refractivity contribution in [1.29, 1.82) is 0 Å². The fraction of sp³-hybridized carbons (Fsp3) is 0.556. The van der Waals surface area contributed by atoms with E-state index in [0.717, 1.165) is 19.4 Å². The number of hydrogen-bond donors (Lipinski definition) is 1. The summed E-state index contributed by atoms with van der Waals surface area (Å²) in [5.41, 5.74) is 0.275. The first-order chi connectivity index (χ1) is 7.66. The predicted molar refractivity (Wildman–Crippen MR) is 66.1 cm³/mol. The van der Waals surface area contributed by atoms with Gasteiger partial charge in [0.1, 0.15) is 4.34 Å². The van der Waals surface area contributed by atoms with Crippen LogP contribution in [0.25, 0.3) is 0 Å². The van der Waals surface area contributed by atoms with Crippen LogP contribution >= 0.6 is 38.9 Å². The van der Waals surface area contributed by atoms with E-state index >= 15 is 0 Å². The highest BCUT2D eigenvalue weighted by molar-refractivity contribution is 9.11. The largest absolute Gasteiger partial charge is 0.376 e. The Morgan fingerprint density at radius 2 is 2.56 bits per heavy atom. The van der Waals surface area contributed by atoms with E-state index in [-0.39, 0.29) is 17.7 Å². The zero-order valence-electron chi connectivity index (χ0n) is 8.33. The van der Waals surface area contributed by atoms with Crippen LogP contribution in [0, 0.1) is 0 Å². The maximum absolute atomic E-state index is 11.7. The number of hydrogen-bond acceptors (Lipinski definition) is 4. The normalized spacial score (nSPS) is 20.0. The van der Waals surface area contributed by atoms with Gasteiger partial charge in [0.05, 0.1) is 6.10 Å². The second-order valence-electron chi connectivity index (χ2n) is 3.43. The summed E-state index contributed by atoms with van der Waals surface area (Å²) in [4.78, 5) is 15.7. The van der Waals surface area contributed by atoms with Gasteiger partial charge in [-0.15, -0.1) is 0 Å². The quantitative estimate of drug-likeness (QED) is 0.929. The Morgan fingerprint density at radius 1 is 1.75 bits per heavy atom. The second-order valence-corrected chi connectivity index (χ2v) is 6.31. The number of amides is 1. The van der Waals surface area contributed by atoms with Gasteiger partial charge in [0.2, 0.25) is 0 Å². The molecular weight excluding hydrogens is 316 g/mol.